The van der Waals surface area contributed by atoms with Crippen molar-refractivity contribution >= 4 is 26.5 Å². The molecule has 0 bridgehead atoms. The first-order chi connectivity index (χ1) is 6.83. The van der Waals surface area contributed by atoms with Gasteiger partial charge in [0.25, 0.3) is 0 Å². The van der Waals surface area contributed by atoms with Crippen LogP contribution < -0.4 is 5.32 Å². The predicted molar refractivity (Wildman–Crippen MR) is 66.5 cm³/mol. The van der Waals surface area contributed by atoms with E-state index in [0.29, 0.717) is 0 Å². The van der Waals surface area contributed by atoms with E-state index in [0.717, 1.165) is 10.2 Å². The zero-order valence-electron chi connectivity index (χ0n) is 8.93. The number of H-pyrrole nitrogens is 1. The molecular weight excluding hydrogens is 186 g/mol. The summed E-state index contributed by atoms with van der Waals surface area (Å²) in [6, 6.07) is 8.64. The lowest BCUT2D eigenvalue weighted by atomic mass is 10.1. The maximum Gasteiger partial charge on any atom is 0.0596 e. The van der Waals surface area contributed by atoms with Gasteiger partial charge in [0.15, 0.2) is 0 Å². The SMILES string of the molecule is CCCCc1c([SiH3])[nH]c2ccccc12. The van der Waals surface area contributed by atoms with Crippen molar-refractivity contribution in [3.05, 3.63) is 29.8 Å². The fourth-order valence-electron chi connectivity index (χ4n) is 2.01. The predicted octanol–water partition coefficient (Wildman–Crippen LogP) is 1.50. The summed E-state index contributed by atoms with van der Waals surface area (Å²) in [5.74, 6) is 0. The number of hydrogen-bond acceptors (Lipinski definition) is 0. The molecule has 2 rings (SSSR count). The fourth-order valence-corrected chi connectivity index (χ4v) is 2.80. The van der Waals surface area contributed by atoms with Gasteiger partial charge >= 0.3 is 0 Å². The number of unbranched alkanes of at least 4 members (excludes halogenated alkanes) is 1. The third kappa shape index (κ3) is 1.62. The lowest BCUT2D eigenvalue weighted by Crippen LogP contribution is -2.08. The van der Waals surface area contributed by atoms with Crippen LogP contribution in [0.1, 0.15) is 25.3 Å². The van der Waals surface area contributed by atoms with E-state index in [1.54, 1.807) is 5.56 Å². The summed E-state index contributed by atoms with van der Waals surface area (Å²) in [5.41, 5.74) is 2.87. The number of benzene rings is 1. The Morgan fingerprint density at radius 3 is 2.86 bits per heavy atom. The van der Waals surface area contributed by atoms with E-state index >= 15 is 0 Å². The van der Waals surface area contributed by atoms with Crippen LogP contribution in [0.15, 0.2) is 24.3 Å². The number of nitrogens with one attached hydrogen (secondary N) is 1. The van der Waals surface area contributed by atoms with Crippen molar-refractivity contribution in [3.8, 4) is 0 Å². The highest BCUT2D eigenvalue weighted by molar-refractivity contribution is 6.33. The average Bonchev–Trinajstić information content (AvgIpc) is 2.51. The molecule has 0 aliphatic rings. The maximum atomic E-state index is 3.50. The zero-order chi connectivity index (χ0) is 9.97. The van der Waals surface area contributed by atoms with Crippen LogP contribution in [-0.4, -0.2) is 15.2 Å². The van der Waals surface area contributed by atoms with Gasteiger partial charge in [-0.3, -0.25) is 0 Å². The molecular formula is C12H17NSi. The fraction of sp³-hybridized carbons (Fsp3) is 0.333. The van der Waals surface area contributed by atoms with Crippen LogP contribution in [0.3, 0.4) is 0 Å². The number of hydrogen-bond donors (Lipinski definition) is 1. The van der Waals surface area contributed by atoms with Crippen LogP contribution in [0.2, 0.25) is 0 Å². The van der Waals surface area contributed by atoms with Crippen molar-refractivity contribution in [3.63, 3.8) is 0 Å². The van der Waals surface area contributed by atoms with Crippen molar-refractivity contribution in [2.75, 3.05) is 0 Å². The molecule has 1 aromatic heterocycles. The van der Waals surface area contributed by atoms with Gasteiger partial charge in [0.1, 0.15) is 0 Å². The molecule has 0 spiro atoms. The molecule has 0 saturated heterocycles. The Bertz CT molecular complexity index is 431. The molecule has 1 nitrogen and oxygen atoms in total. The Morgan fingerprint density at radius 2 is 2.07 bits per heavy atom. The molecule has 1 N–H and O–H groups in total. The van der Waals surface area contributed by atoms with Crippen LogP contribution in [-0.2, 0) is 6.42 Å². The number of aromatic amines is 1. The van der Waals surface area contributed by atoms with Gasteiger partial charge < -0.3 is 4.98 Å². The third-order valence-corrected chi connectivity index (χ3v) is 3.66. The van der Waals surface area contributed by atoms with E-state index < -0.39 is 0 Å². The molecule has 2 aromatic rings. The molecule has 0 unspecified atom stereocenters. The second-order valence-electron chi connectivity index (χ2n) is 3.88. The lowest BCUT2D eigenvalue weighted by molar-refractivity contribution is 0.801. The monoisotopic (exact) mass is 203 g/mol. The molecule has 2 heteroatoms. The molecule has 1 heterocycles. The molecule has 0 aliphatic heterocycles. The molecule has 1 aromatic carbocycles. The van der Waals surface area contributed by atoms with E-state index in [4.69, 9.17) is 0 Å². The Balaban J connectivity index is 2.45. The number of fused-ring (bicyclic) bond motifs is 1. The Hall–Kier alpha value is -1.02. The van der Waals surface area contributed by atoms with Gasteiger partial charge in [0.2, 0.25) is 0 Å². The first kappa shape index (κ1) is 9.53. The zero-order valence-corrected chi connectivity index (χ0v) is 10.9. The molecule has 0 amide bonds. The minimum absolute atomic E-state index is 1.13. The van der Waals surface area contributed by atoms with Crippen LogP contribution in [0.25, 0.3) is 10.9 Å². The lowest BCUT2D eigenvalue weighted by Gasteiger charge is -1.99. The smallest absolute Gasteiger partial charge is 0.0596 e. The quantitative estimate of drug-likeness (QED) is 0.728. The van der Waals surface area contributed by atoms with Crippen LogP contribution in [0, 0.1) is 0 Å². The Morgan fingerprint density at radius 1 is 1.29 bits per heavy atom. The van der Waals surface area contributed by atoms with Gasteiger partial charge in [0, 0.05) is 10.9 Å². The summed E-state index contributed by atoms with van der Waals surface area (Å²) in [7, 11) is 1.13. The number of rotatable bonds is 3. The average molecular weight is 203 g/mol. The molecule has 14 heavy (non-hydrogen) atoms. The van der Waals surface area contributed by atoms with E-state index in [-0.39, 0.29) is 0 Å². The summed E-state index contributed by atoms with van der Waals surface area (Å²) in [6.07, 6.45) is 3.82. The first-order valence-electron chi connectivity index (χ1n) is 5.39. The standard InChI is InChI=1S/C12H17NSi/c1-2-3-6-10-9-7-4-5-8-11(9)13-12(10)14/h4-5,7-8,13H,2-3,6H2,1,14H3. The van der Waals surface area contributed by atoms with Crippen LogP contribution in [0.5, 0.6) is 0 Å². The van der Waals surface area contributed by atoms with Crippen molar-refractivity contribution < 1.29 is 0 Å². The number of para-hydroxylation sites is 1. The van der Waals surface area contributed by atoms with Crippen molar-refractivity contribution in [1.29, 1.82) is 0 Å². The van der Waals surface area contributed by atoms with E-state index in [2.05, 4.69) is 36.2 Å². The van der Waals surface area contributed by atoms with Crippen molar-refractivity contribution in [2.24, 2.45) is 0 Å². The van der Waals surface area contributed by atoms with E-state index in [1.165, 1.54) is 35.5 Å². The van der Waals surface area contributed by atoms with Crippen LogP contribution in [0.4, 0.5) is 0 Å². The van der Waals surface area contributed by atoms with Crippen molar-refractivity contribution in [2.45, 2.75) is 26.2 Å². The number of aryl methyl sites for hydroxylation is 1. The largest absolute Gasteiger partial charge is 0.363 e. The van der Waals surface area contributed by atoms with Gasteiger partial charge in [-0.1, -0.05) is 31.5 Å². The highest BCUT2D eigenvalue weighted by Gasteiger charge is 2.05. The van der Waals surface area contributed by atoms with Crippen LogP contribution >= 0.6 is 0 Å². The molecule has 0 atom stereocenters. The Labute approximate surface area is 88.0 Å². The minimum Gasteiger partial charge on any atom is -0.363 e. The minimum atomic E-state index is 1.13. The normalized spacial score (nSPS) is 11.2. The summed E-state index contributed by atoms with van der Waals surface area (Å²) in [5, 5.41) is 2.91. The van der Waals surface area contributed by atoms with Gasteiger partial charge in [-0.25, -0.2) is 0 Å². The highest BCUT2D eigenvalue weighted by atomic mass is 28.1. The third-order valence-electron chi connectivity index (χ3n) is 2.81. The summed E-state index contributed by atoms with van der Waals surface area (Å²) >= 11 is 0. The summed E-state index contributed by atoms with van der Waals surface area (Å²) in [6.45, 7) is 2.25. The highest BCUT2D eigenvalue weighted by Crippen LogP contribution is 2.17. The molecule has 0 saturated carbocycles. The summed E-state index contributed by atoms with van der Waals surface area (Å²) < 4.78 is 0. The molecule has 0 aliphatic carbocycles. The molecule has 0 radical (unpaired) electrons. The van der Waals surface area contributed by atoms with Gasteiger partial charge in [0.05, 0.1) is 10.2 Å². The maximum absolute atomic E-state index is 3.50. The van der Waals surface area contributed by atoms with E-state index in [1.807, 2.05) is 0 Å². The summed E-state index contributed by atoms with van der Waals surface area (Å²) in [4.78, 5) is 3.50. The Kier molecular flexibility index (Phi) is 2.73. The second kappa shape index (κ2) is 4.01. The molecule has 0 fully saturated rings. The van der Waals surface area contributed by atoms with Gasteiger partial charge in [-0.05, 0) is 29.8 Å². The van der Waals surface area contributed by atoms with Gasteiger partial charge in [-0.15, -0.1) is 0 Å². The van der Waals surface area contributed by atoms with Gasteiger partial charge in [-0.2, -0.15) is 0 Å². The topological polar surface area (TPSA) is 15.8 Å². The molecule has 74 valence electrons. The van der Waals surface area contributed by atoms with E-state index in [9.17, 15) is 0 Å². The first-order valence-corrected chi connectivity index (χ1v) is 6.39. The number of aromatic nitrogens is 1. The van der Waals surface area contributed by atoms with Crippen molar-refractivity contribution in [1.82, 2.24) is 4.98 Å². The second-order valence-corrected chi connectivity index (χ2v) is 4.88.